The highest BCUT2D eigenvalue weighted by molar-refractivity contribution is 6.17. The molecule has 2 aromatic carbocycles. The number of amides is 3. The van der Waals surface area contributed by atoms with Gasteiger partial charge >= 0.3 is 0 Å². The monoisotopic (exact) mass is 546 g/mol. The van der Waals surface area contributed by atoms with Crippen LogP contribution >= 0.6 is 0 Å². The topological polar surface area (TPSA) is 118 Å². The van der Waals surface area contributed by atoms with Gasteiger partial charge < -0.3 is 20.3 Å². The van der Waals surface area contributed by atoms with E-state index < -0.39 is 28.9 Å². The quantitative estimate of drug-likeness (QED) is 0.314. The van der Waals surface area contributed by atoms with Gasteiger partial charge in [0.25, 0.3) is 0 Å². The van der Waals surface area contributed by atoms with Gasteiger partial charge in [0.2, 0.25) is 23.6 Å². The minimum atomic E-state index is -1.27. The van der Waals surface area contributed by atoms with E-state index >= 15 is 0 Å². The van der Waals surface area contributed by atoms with Crippen molar-refractivity contribution in [3.8, 4) is 11.6 Å². The van der Waals surface area contributed by atoms with Crippen LogP contribution in [0, 0.1) is 23.0 Å². The first-order chi connectivity index (χ1) is 19.2. The molecule has 4 aromatic rings. The van der Waals surface area contributed by atoms with Crippen molar-refractivity contribution in [3.63, 3.8) is 0 Å². The van der Waals surface area contributed by atoms with Crippen molar-refractivity contribution in [2.75, 3.05) is 22.6 Å². The third-order valence-electron chi connectivity index (χ3n) is 7.01. The predicted octanol–water partition coefficient (Wildman–Crippen LogP) is 4.53. The van der Waals surface area contributed by atoms with Crippen LogP contribution in [0.2, 0.25) is 0 Å². The van der Waals surface area contributed by atoms with Crippen LogP contribution in [0.3, 0.4) is 0 Å². The molecule has 2 saturated carbocycles. The standard InChI is InChI=1S/C28H24F2N6O4/c1-35(19-7-4-17(29)5-8-19)27(39)28(12-13-28)26(38)31-18-6-9-21(20(30)14-18)40-24-11-10-23-32-22(15-36(23)34-24)33-25(37)16-2-3-16/h4-11,14-16H,2-3,12-13H2,1H3,(H,31,38)(H,33,37). The molecule has 40 heavy (non-hydrogen) atoms. The molecule has 3 amide bonds. The number of nitrogens with one attached hydrogen (secondary N) is 2. The summed E-state index contributed by atoms with van der Waals surface area (Å²) in [6, 6.07) is 12.4. The van der Waals surface area contributed by atoms with Crippen molar-refractivity contribution in [1.29, 1.82) is 0 Å². The zero-order valence-corrected chi connectivity index (χ0v) is 21.4. The molecule has 0 saturated heterocycles. The SMILES string of the molecule is CN(C(=O)C1(C(=O)Nc2ccc(Oc3ccc4nc(NC(=O)C5CC5)cn4n3)c(F)c2)CC1)c1ccc(F)cc1. The second-order valence-electron chi connectivity index (χ2n) is 9.99. The Kier molecular flexibility index (Phi) is 6.16. The fourth-order valence-corrected chi connectivity index (χ4v) is 4.34. The molecule has 2 fully saturated rings. The van der Waals surface area contributed by atoms with Gasteiger partial charge in [0.1, 0.15) is 11.2 Å². The summed E-state index contributed by atoms with van der Waals surface area (Å²) in [6.07, 6.45) is 3.98. The summed E-state index contributed by atoms with van der Waals surface area (Å²) in [5, 5.41) is 9.63. The molecule has 0 radical (unpaired) electrons. The highest BCUT2D eigenvalue weighted by Crippen LogP contribution is 2.48. The lowest BCUT2D eigenvalue weighted by Crippen LogP contribution is -2.41. The fourth-order valence-electron chi connectivity index (χ4n) is 4.34. The second-order valence-corrected chi connectivity index (χ2v) is 9.99. The van der Waals surface area contributed by atoms with Crippen molar-refractivity contribution >= 4 is 40.6 Å². The molecule has 0 atom stereocenters. The van der Waals surface area contributed by atoms with Gasteiger partial charge in [-0.05, 0) is 68.1 Å². The number of fused-ring (bicyclic) bond motifs is 1. The average Bonchev–Trinajstić information content (AvgIpc) is 3.86. The maximum atomic E-state index is 14.9. The maximum absolute atomic E-state index is 14.9. The van der Waals surface area contributed by atoms with E-state index in [0.717, 1.165) is 18.9 Å². The van der Waals surface area contributed by atoms with Gasteiger partial charge in [-0.3, -0.25) is 14.4 Å². The van der Waals surface area contributed by atoms with Gasteiger partial charge in [0.15, 0.2) is 23.0 Å². The number of imidazole rings is 1. The number of ether oxygens (including phenoxy) is 1. The van der Waals surface area contributed by atoms with E-state index in [0.29, 0.717) is 30.0 Å². The van der Waals surface area contributed by atoms with E-state index in [2.05, 4.69) is 20.7 Å². The Hall–Kier alpha value is -4.87. The number of halogens is 2. The molecule has 12 heteroatoms. The number of carbonyl (C=O) groups excluding carboxylic acids is 3. The number of hydrogen-bond donors (Lipinski definition) is 2. The fraction of sp³-hybridized carbons (Fsp3) is 0.250. The number of benzene rings is 2. The average molecular weight is 547 g/mol. The molecule has 2 N–H and O–H groups in total. The van der Waals surface area contributed by atoms with E-state index in [9.17, 15) is 23.2 Å². The Morgan fingerprint density at radius 3 is 2.45 bits per heavy atom. The molecule has 0 unspecified atom stereocenters. The normalized spacial score (nSPS) is 15.4. The molecule has 2 aliphatic carbocycles. The van der Waals surface area contributed by atoms with Gasteiger partial charge in [0, 0.05) is 36.5 Å². The van der Waals surface area contributed by atoms with Crippen LogP contribution in [0.15, 0.2) is 60.8 Å². The summed E-state index contributed by atoms with van der Waals surface area (Å²) in [4.78, 5) is 43.7. The van der Waals surface area contributed by atoms with Crippen molar-refractivity contribution in [3.05, 3.63) is 72.4 Å². The number of anilines is 3. The van der Waals surface area contributed by atoms with Crippen molar-refractivity contribution in [2.45, 2.75) is 25.7 Å². The highest BCUT2D eigenvalue weighted by Gasteiger charge is 2.57. The van der Waals surface area contributed by atoms with Crippen LogP contribution in [0.1, 0.15) is 25.7 Å². The molecule has 0 bridgehead atoms. The molecular formula is C28H24F2N6O4. The Labute approximate surface area is 226 Å². The molecule has 10 nitrogen and oxygen atoms in total. The molecule has 0 aliphatic heterocycles. The zero-order chi connectivity index (χ0) is 28.0. The first-order valence-electron chi connectivity index (χ1n) is 12.7. The Balaban J connectivity index is 1.11. The summed E-state index contributed by atoms with van der Waals surface area (Å²) >= 11 is 0. The Morgan fingerprint density at radius 2 is 1.77 bits per heavy atom. The van der Waals surface area contributed by atoms with Crippen molar-refractivity contribution < 1.29 is 27.9 Å². The second kappa shape index (κ2) is 9.70. The lowest BCUT2D eigenvalue weighted by Gasteiger charge is -2.23. The van der Waals surface area contributed by atoms with Gasteiger partial charge in [0.05, 0.1) is 6.20 Å². The van der Waals surface area contributed by atoms with E-state index in [1.54, 1.807) is 12.3 Å². The molecule has 204 valence electrons. The minimum Gasteiger partial charge on any atom is -0.434 e. The molecular weight excluding hydrogens is 522 g/mol. The summed E-state index contributed by atoms with van der Waals surface area (Å²) in [5.41, 5.74) is -0.173. The predicted molar refractivity (Wildman–Crippen MR) is 141 cm³/mol. The minimum absolute atomic E-state index is 0.0328. The lowest BCUT2D eigenvalue weighted by atomic mass is 10.0. The molecule has 0 spiro atoms. The number of aromatic nitrogens is 3. The van der Waals surface area contributed by atoms with E-state index in [-0.39, 0.29) is 29.1 Å². The van der Waals surface area contributed by atoms with Crippen LogP contribution in [0.25, 0.3) is 5.65 Å². The zero-order valence-electron chi connectivity index (χ0n) is 21.4. The Morgan fingerprint density at radius 1 is 1.02 bits per heavy atom. The van der Waals surface area contributed by atoms with Gasteiger partial charge in [-0.2, -0.15) is 0 Å². The van der Waals surface area contributed by atoms with E-state index in [1.165, 1.54) is 58.9 Å². The lowest BCUT2D eigenvalue weighted by molar-refractivity contribution is -0.132. The Bertz CT molecular complexity index is 1650. The van der Waals surface area contributed by atoms with Crippen LogP contribution < -0.4 is 20.3 Å². The van der Waals surface area contributed by atoms with Gasteiger partial charge in [-0.15, -0.1) is 5.10 Å². The largest absolute Gasteiger partial charge is 0.434 e. The summed E-state index contributed by atoms with van der Waals surface area (Å²) < 4.78 is 35.2. The number of nitrogens with zero attached hydrogens (tertiary/aromatic N) is 4. The summed E-state index contributed by atoms with van der Waals surface area (Å²) in [6.45, 7) is 0. The van der Waals surface area contributed by atoms with Crippen molar-refractivity contribution in [1.82, 2.24) is 14.6 Å². The third-order valence-corrected chi connectivity index (χ3v) is 7.01. The van der Waals surface area contributed by atoms with Crippen LogP contribution in [-0.2, 0) is 14.4 Å². The molecule has 2 aliphatic rings. The third kappa shape index (κ3) is 4.95. The van der Waals surface area contributed by atoms with E-state index in [1.807, 2.05) is 0 Å². The summed E-state index contributed by atoms with van der Waals surface area (Å²) in [5.74, 6) is -1.86. The van der Waals surface area contributed by atoms with Crippen molar-refractivity contribution in [2.24, 2.45) is 11.3 Å². The maximum Gasteiger partial charge on any atom is 0.242 e. The van der Waals surface area contributed by atoms with Crippen LogP contribution in [0.4, 0.5) is 26.0 Å². The summed E-state index contributed by atoms with van der Waals surface area (Å²) in [7, 11) is 1.52. The molecule has 6 rings (SSSR count). The number of carbonyl (C=O) groups is 3. The first kappa shape index (κ1) is 25.4. The van der Waals surface area contributed by atoms with E-state index in [4.69, 9.17) is 4.74 Å². The highest BCUT2D eigenvalue weighted by atomic mass is 19.1. The first-order valence-corrected chi connectivity index (χ1v) is 12.7. The molecule has 2 heterocycles. The molecule has 2 aromatic heterocycles. The number of hydrogen-bond acceptors (Lipinski definition) is 6. The van der Waals surface area contributed by atoms with Gasteiger partial charge in [-0.25, -0.2) is 18.3 Å². The smallest absolute Gasteiger partial charge is 0.242 e. The number of rotatable bonds is 8. The van der Waals surface area contributed by atoms with Crippen LogP contribution in [-0.4, -0.2) is 39.4 Å². The van der Waals surface area contributed by atoms with Gasteiger partial charge in [-0.1, -0.05) is 0 Å². The van der Waals surface area contributed by atoms with Crippen LogP contribution in [0.5, 0.6) is 11.6 Å².